The SMILES string of the molecule is N#Cc1cc(SC2CCCC2)ccn1. The predicted molar refractivity (Wildman–Crippen MR) is 57.1 cm³/mol. The number of nitriles is 1. The molecular weight excluding hydrogens is 192 g/mol. The summed E-state index contributed by atoms with van der Waals surface area (Å²) in [6.45, 7) is 0. The van der Waals surface area contributed by atoms with Gasteiger partial charge in [-0.1, -0.05) is 12.8 Å². The van der Waals surface area contributed by atoms with Gasteiger partial charge in [-0.3, -0.25) is 0 Å². The molecule has 0 N–H and O–H groups in total. The second-order valence-corrected chi connectivity index (χ2v) is 4.89. The average molecular weight is 204 g/mol. The minimum atomic E-state index is 0.521. The van der Waals surface area contributed by atoms with Crippen molar-refractivity contribution in [3.63, 3.8) is 0 Å². The number of nitrogens with zero attached hydrogens (tertiary/aromatic N) is 2. The summed E-state index contributed by atoms with van der Waals surface area (Å²) in [6.07, 6.45) is 7.06. The monoisotopic (exact) mass is 204 g/mol. The average Bonchev–Trinajstić information content (AvgIpc) is 2.71. The molecule has 72 valence electrons. The maximum atomic E-state index is 8.70. The Kier molecular flexibility index (Phi) is 3.05. The lowest BCUT2D eigenvalue weighted by Crippen LogP contribution is -1.93. The fraction of sp³-hybridized carbons (Fsp3) is 0.455. The van der Waals surface area contributed by atoms with Gasteiger partial charge in [0.15, 0.2) is 0 Å². The third-order valence-electron chi connectivity index (χ3n) is 2.45. The maximum absolute atomic E-state index is 8.70. The zero-order chi connectivity index (χ0) is 9.80. The largest absolute Gasteiger partial charge is 0.245 e. The molecule has 3 heteroatoms. The van der Waals surface area contributed by atoms with Gasteiger partial charge in [0.05, 0.1) is 0 Å². The molecule has 2 rings (SSSR count). The first-order valence-electron chi connectivity index (χ1n) is 4.91. The summed E-state index contributed by atoms with van der Waals surface area (Å²) >= 11 is 1.89. The third kappa shape index (κ3) is 2.27. The molecule has 1 fully saturated rings. The lowest BCUT2D eigenvalue weighted by atomic mass is 10.4. The summed E-state index contributed by atoms with van der Waals surface area (Å²) in [5.41, 5.74) is 0.521. The van der Waals surface area contributed by atoms with E-state index in [0.29, 0.717) is 5.69 Å². The molecule has 0 spiro atoms. The highest BCUT2D eigenvalue weighted by Gasteiger charge is 2.16. The molecule has 1 aromatic heterocycles. The second-order valence-electron chi connectivity index (χ2n) is 3.51. The zero-order valence-corrected chi connectivity index (χ0v) is 8.76. The van der Waals surface area contributed by atoms with Gasteiger partial charge in [0.2, 0.25) is 0 Å². The summed E-state index contributed by atoms with van der Waals surface area (Å²) in [6, 6.07) is 5.94. The molecule has 1 aliphatic carbocycles. The van der Waals surface area contributed by atoms with E-state index < -0.39 is 0 Å². The van der Waals surface area contributed by atoms with Gasteiger partial charge in [0.1, 0.15) is 11.8 Å². The Labute approximate surface area is 88.4 Å². The Morgan fingerprint density at radius 1 is 1.43 bits per heavy atom. The van der Waals surface area contributed by atoms with Crippen molar-refractivity contribution in [3.8, 4) is 6.07 Å². The van der Waals surface area contributed by atoms with Crippen molar-refractivity contribution in [2.75, 3.05) is 0 Å². The van der Waals surface area contributed by atoms with Crippen LogP contribution in [0.2, 0.25) is 0 Å². The normalized spacial score (nSPS) is 16.8. The molecule has 0 amide bonds. The van der Waals surface area contributed by atoms with Crippen LogP contribution in [0.15, 0.2) is 23.2 Å². The highest BCUT2D eigenvalue weighted by atomic mass is 32.2. The van der Waals surface area contributed by atoms with Crippen LogP contribution in [0, 0.1) is 11.3 Å². The molecule has 2 nitrogen and oxygen atoms in total. The van der Waals surface area contributed by atoms with Gasteiger partial charge in [-0.2, -0.15) is 5.26 Å². The van der Waals surface area contributed by atoms with E-state index in [4.69, 9.17) is 5.26 Å². The molecule has 0 radical (unpaired) electrons. The number of hydrogen-bond acceptors (Lipinski definition) is 3. The number of hydrogen-bond donors (Lipinski definition) is 0. The Bertz CT molecular complexity index is 351. The van der Waals surface area contributed by atoms with Crippen LogP contribution >= 0.6 is 11.8 Å². The Balaban J connectivity index is 2.05. The number of pyridine rings is 1. The van der Waals surface area contributed by atoms with Crippen LogP contribution in [0.5, 0.6) is 0 Å². The lowest BCUT2D eigenvalue weighted by molar-refractivity contribution is 0.886. The van der Waals surface area contributed by atoms with E-state index >= 15 is 0 Å². The van der Waals surface area contributed by atoms with Gasteiger partial charge in [-0.25, -0.2) is 4.98 Å². The molecule has 0 bridgehead atoms. The fourth-order valence-electron chi connectivity index (χ4n) is 1.74. The van der Waals surface area contributed by atoms with Gasteiger partial charge in [-0.05, 0) is 25.0 Å². The molecule has 14 heavy (non-hydrogen) atoms. The summed E-state index contributed by atoms with van der Waals surface area (Å²) < 4.78 is 0. The second kappa shape index (κ2) is 4.47. The number of thioether (sulfide) groups is 1. The molecular formula is C11H12N2S. The molecule has 0 atom stereocenters. The minimum absolute atomic E-state index is 0.521. The van der Waals surface area contributed by atoms with Crippen LogP contribution in [0.25, 0.3) is 0 Å². The van der Waals surface area contributed by atoms with Crippen molar-refractivity contribution in [1.29, 1.82) is 5.26 Å². The van der Waals surface area contributed by atoms with Crippen molar-refractivity contribution in [2.45, 2.75) is 35.8 Å². The molecule has 0 saturated heterocycles. The van der Waals surface area contributed by atoms with Crippen molar-refractivity contribution < 1.29 is 0 Å². The first kappa shape index (κ1) is 9.54. The number of aromatic nitrogens is 1. The Morgan fingerprint density at radius 2 is 2.21 bits per heavy atom. The van der Waals surface area contributed by atoms with Gasteiger partial charge in [0, 0.05) is 16.3 Å². The van der Waals surface area contributed by atoms with E-state index in [-0.39, 0.29) is 0 Å². The van der Waals surface area contributed by atoms with Crippen LogP contribution in [0.1, 0.15) is 31.4 Å². The first-order valence-corrected chi connectivity index (χ1v) is 5.79. The van der Waals surface area contributed by atoms with E-state index in [9.17, 15) is 0 Å². The van der Waals surface area contributed by atoms with E-state index in [1.54, 1.807) is 6.20 Å². The van der Waals surface area contributed by atoms with Crippen molar-refractivity contribution in [3.05, 3.63) is 24.0 Å². The van der Waals surface area contributed by atoms with E-state index in [1.807, 2.05) is 23.9 Å². The molecule has 1 saturated carbocycles. The summed E-state index contributed by atoms with van der Waals surface area (Å²) in [7, 11) is 0. The maximum Gasteiger partial charge on any atom is 0.141 e. The highest BCUT2D eigenvalue weighted by Crippen LogP contribution is 2.34. The van der Waals surface area contributed by atoms with Gasteiger partial charge in [-0.15, -0.1) is 11.8 Å². The number of rotatable bonds is 2. The van der Waals surface area contributed by atoms with E-state index in [0.717, 1.165) is 5.25 Å². The smallest absolute Gasteiger partial charge is 0.141 e. The predicted octanol–water partition coefficient (Wildman–Crippen LogP) is 2.99. The van der Waals surface area contributed by atoms with Gasteiger partial charge in [0.25, 0.3) is 0 Å². The van der Waals surface area contributed by atoms with Gasteiger partial charge < -0.3 is 0 Å². The first-order chi connectivity index (χ1) is 6.88. The summed E-state index contributed by atoms with van der Waals surface area (Å²) in [4.78, 5) is 5.14. The summed E-state index contributed by atoms with van der Waals surface area (Å²) in [5, 5.41) is 9.45. The third-order valence-corrected chi connectivity index (χ3v) is 3.78. The molecule has 0 unspecified atom stereocenters. The van der Waals surface area contributed by atoms with Crippen LogP contribution in [0.4, 0.5) is 0 Å². The lowest BCUT2D eigenvalue weighted by Gasteiger charge is -2.07. The summed E-state index contributed by atoms with van der Waals surface area (Å²) in [5.74, 6) is 0. The highest BCUT2D eigenvalue weighted by molar-refractivity contribution is 8.00. The van der Waals surface area contributed by atoms with Crippen LogP contribution in [-0.4, -0.2) is 10.2 Å². The standard InChI is InChI=1S/C11H12N2S/c12-8-9-7-11(5-6-13-9)14-10-3-1-2-4-10/h5-7,10H,1-4H2. The topological polar surface area (TPSA) is 36.7 Å². The van der Waals surface area contributed by atoms with Crippen molar-refractivity contribution in [1.82, 2.24) is 4.98 Å². The zero-order valence-electron chi connectivity index (χ0n) is 7.94. The van der Waals surface area contributed by atoms with E-state index in [2.05, 4.69) is 11.1 Å². The molecule has 1 aromatic rings. The fourth-order valence-corrected chi connectivity index (χ4v) is 3.02. The quantitative estimate of drug-likeness (QED) is 0.743. The molecule has 0 aromatic carbocycles. The molecule has 0 aliphatic heterocycles. The Morgan fingerprint density at radius 3 is 2.93 bits per heavy atom. The molecule has 1 heterocycles. The Hall–Kier alpha value is -1.01. The minimum Gasteiger partial charge on any atom is -0.245 e. The van der Waals surface area contributed by atoms with Gasteiger partial charge >= 0.3 is 0 Å². The van der Waals surface area contributed by atoms with Crippen molar-refractivity contribution in [2.24, 2.45) is 0 Å². The molecule has 1 aliphatic rings. The van der Waals surface area contributed by atoms with E-state index in [1.165, 1.54) is 30.6 Å². The van der Waals surface area contributed by atoms with Crippen molar-refractivity contribution >= 4 is 11.8 Å². The van der Waals surface area contributed by atoms with Crippen LogP contribution < -0.4 is 0 Å². The van der Waals surface area contributed by atoms with Crippen LogP contribution in [-0.2, 0) is 0 Å². The van der Waals surface area contributed by atoms with Crippen LogP contribution in [0.3, 0.4) is 0 Å².